The molecule has 0 N–H and O–H groups in total. The maximum Gasteiger partial charge on any atom is 0.357 e. The Morgan fingerprint density at radius 2 is 2.33 bits per heavy atom. The van der Waals surface area contributed by atoms with Gasteiger partial charge >= 0.3 is 5.97 Å². The summed E-state index contributed by atoms with van der Waals surface area (Å²) in [4.78, 5) is 15.2. The molecule has 3 nitrogen and oxygen atoms in total. The number of esters is 1. The summed E-state index contributed by atoms with van der Waals surface area (Å²) in [5.41, 5.74) is 0.133. The van der Waals surface area contributed by atoms with Gasteiger partial charge in [-0.3, -0.25) is 0 Å². The van der Waals surface area contributed by atoms with Gasteiger partial charge in [0.25, 0.3) is 0 Å². The molecule has 1 aromatic rings. The summed E-state index contributed by atoms with van der Waals surface area (Å²) in [6, 6.07) is 3.14. The first-order valence-electron chi connectivity index (χ1n) is 3.09. The number of carbonyl (C=O) groups is 1. The Balaban J connectivity index is 3.13. The Bertz CT molecular complexity index is 316. The van der Waals surface area contributed by atoms with Crippen LogP contribution >= 0.6 is 24.2 Å². The monoisotopic (exact) mass is 203 g/mol. The van der Waals surface area contributed by atoms with Gasteiger partial charge in [0.2, 0.25) is 0 Å². The molecular formula is C7H6ClNO2S. The van der Waals surface area contributed by atoms with Crippen LogP contribution in [0.25, 0.3) is 0 Å². The number of hydrogen-bond donors (Lipinski definition) is 1. The summed E-state index contributed by atoms with van der Waals surface area (Å²) in [5.74, 6) is -0.539. The van der Waals surface area contributed by atoms with Gasteiger partial charge in [0.1, 0.15) is 5.15 Å². The molecule has 0 aliphatic rings. The largest absolute Gasteiger partial charge is 0.464 e. The number of nitrogens with zero attached hydrogens (tertiary/aromatic N) is 1. The van der Waals surface area contributed by atoms with Gasteiger partial charge < -0.3 is 4.74 Å². The number of hydrogen-bond acceptors (Lipinski definition) is 4. The molecule has 0 aliphatic carbocycles. The highest BCUT2D eigenvalue weighted by molar-refractivity contribution is 7.80. The fourth-order valence-electron chi connectivity index (χ4n) is 0.675. The van der Waals surface area contributed by atoms with Crippen molar-refractivity contribution in [3.63, 3.8) is 0 Å². The van der Waals surface area contributed by atoms with Gasteiger partial charge in [0.05, 0.1) is 7.11 Å². The molecule has 0 spiro atoms. The predicted molar refractivity (Wildman–Crippen MR) is 47.8 cm³/mol. The van der Waals surface area contributed by atoms with Crippen molar-refractivity contribution in [2.45, 2.75) is 4.90 Å². The summed E-state index contributed by atoms with van der Waals surface area (Å²) >= 11 is 9.58. The van der Waals surface area contributed by atoms with Crippen molar-refractivity contribution in [1.82, 2.24) is 4.98 Å². The third kappa shape index (κ3) is 1.89. The van der Waals surface area contributed by atoms with Crippen LogP contribution in [-0.4, -0.2) is 18.1 Å². The van der Waals surface area contributed by atoms with Gasteiger partial charge in [-0.15, -0.1) is 12.6 Å². The van der Waals surface area contributed by atoms with Crippen LogP contribution in [0.15, 0.2) is 17.0 Å². The Morgan fingerprint density at radius 3 is 2.92 bits per heavy atom. The van der Waals surface area contributed by atoms with Crippen molar-refractivity contribution >= 4 is 30.2 Å². The number of ether oxygens (including phenoxy) is 1. The van der Waals surface area contributed by atoms with Crippen LogP contribution in [0.4, 0.5) is 0 Å². The topological polar surface area (TPSA) is 39.2 Å². The molecule has 0 aliphatic heterocycles. The van der Waals surface area contributed by atoms with E-state index in [1.807, 2.05) is 0 Å². The maximum atomic E-state index is 11.0. The minimum atomic E-state index is -0.539. The van der Waals surface area contributed by atoms with Crippen LogP contribution in [0.3, 0.4) is 0 Å². The molecule has 0 aromatic carbocycles. The quantitative estimate of drug-likeness (QED) is 0.430. The Hall–Kier alpha value is -0.740. The van der Waals surface area contributed by atoms with Crippen molar-refractivity contribution in [1.29, 1.82) is 0 Å². The van der Waals surface area contributed by atoms with Crippen molar-refractivity contribution in [3.05, 3.63) is 23.0 Å². The van der Waals surface area contributed by atoms with E-state index >= 15 is 0 Å². The van der Waals surface area contributed by atoms with Gasteiger partial charge in [0, 0.05) is 4.90 Å². The predicted octanol–water partition coefficient (Wildman–Crippen LogP) is 1.81. The molecule has 0 bridgehead atoms. The van der Waals surface area contributed by atoms with E-state index in [-0.39, 0.29) is 10.8 Å². The smallest absolute Gasteiger partial charge is 0.357 e. The average Bonchev–Trinajstić information content (AvgIpc) is 2.08. The SMILES string of the molecule is COC(=O)c1nc(Cl)ccc1S. The fraction of sp³-hybridized carbons (Fsp3) is 0.143. The highest BCUT2D eigenvalue weighted by atomic mass is 35.5. The van der Waals surface area contributed by atoms with Crippen LogP contribution in [-0.2, 0) is 4.74 Å². The van der Waals surface area contributed by atoms with E-state index in [1.165, 1.54) is 7.11 Å². The molecule has 0 saturated carbocycles. The van der Waals surface area contributed by atoms with E-state index in [4.69, 9.17) is 11.6 Å². The number of thiol groups is 1. The van der Waals surface area contributed by atoms with E-state index in [0.717, 1.165) is 0 Å². The highest BCUT2D eigenvalue weighted by Crippen LogP contribution is 2.15. The molecule has 0 atom stereocenters. The Labute approximate surface area is 80.1 Å². The van der Waals surface area contributed by atoms with Gasteiger partial charge in [-0.05, 0) is 12.1 Å². The second-order valence-corrected chi connectivity index (χ2v) is 2.86. The number of pyridine rings is 1. The molecular weight excluding hydrogens is 198 g/mol. The molecule has 5 heteroatoms. The number of carbonyl (C=O) groups excluding carboxylic acids is 1. The molecule has 0 saturated heterocycles. The normalized spacial score (nSPS) is 9.58. The number of halogens is 1. The first-order valence-corrected chi connectivity index (χ1v) is 3.91. The van der Waals surface area contributed by atoms with Gasteiger partial charge in [0.15, 0.2) is 5.69 Å². The zero-order valence-electron chi connectivity index (χ0n) is 6.24. The first kappa shape index (κ1) is 9.35. The van der Waals surface area contributed by atoms with Crippen LogP contribution in [0, 0.1) is 0 Å². The number of methoxy groups -OCH3 is 1. The van der Waals surface area contributed by atoms with Crippen molar-refractivity contribution in [2.75, 3.05) is 7.11 Å². The molecule has 12 heavy (non-hydrogen) atoms. The van der Waals surface area contributed by atoms with Crippen LogP contribution < -0.4 is 0 Å². The first-order chi connectivity index (χ1) is 5.65. The van der Waals surface area contributed by atoms with Crippen molar-refractivity contribution < 1.29 is 9.53 Å². The second-order valence-electron chi connectivity index (χ2n) is 1.99. The molecule has 64 valence electrons. The molecule has 1 aromatic heterocycles. The third-order valence-corrected chi connectivity index (χ3v) is 1.79. The highest BCUT2D eigenvalue weighted by Gasteiger charge is 2.11. The zero-order valence-corrected chi connectivity index (χ0v) is 7.89. The lowest BCUT2D eigenvalue weighted by Gasteiger charge is -2.00. The van der Waals surface area contributed by atoms with Crippen LogP contribution in [0.5, 0.6) is 0 Å². The summed E-state index contributed by atoms with van der Waals surface area (Å²) in [5, 5.41) is 0.244. The fourth-order valence-corrected chi connectivity index (χ4v) is 1.04. The lowest BCUT2D eigenvalue weighted by Crippen LogP contribution is -2.05. The molecule has 0 radical (unpaired) electrons. The van der Waals surface area contributed by atoms with E-state index in [0.29, 0.717) is 4.90 Å². The summed E-state index contributed by atoms with van der Waals surface area (Å²) in [6.45, 7) is 0. The van der Waals surface area contributed by atoms with E-state index in [1.54, 1.807) is 12.1 Å². The van der Waals surface area contributed by atoms with Gasteiger partial charge in [-0.1, -0.05) is 11.6 Å². The number of rotatable bonds is 1. The lowest BCUT2D eigenvalue weighted by atomic mass is 10.3. The van der Waals surface area contributed by atoms with Crippen LogP contribution in [0.1, 0.15) is 10.5 Å². The van der Waals surface area contributed by atoms with Gasteiger partial charge in [-0.25, -0.2) is 9.78 Å². The van der Waals surface area contributed by atoms with Crippen molar-refractivity contribution in [2.24, 2.45) is 0 Å². The maximum absolute atomic E-state index is 11.0. The lowest BCUT2D eigenvalue weighted by molar-refractivity contribution is 0.0590. The van der Waals surface area contributed by atoms with Crippen LogP contribution in [0.2, 0.25) is 5.15 Å². The minimum absolute atomic E-state index is 0.133. The summed E-state index contributed by atoms with van der Waals surface area (Å²) in [6.07, 6.45) is 0. The second kappa shape index (κ2) is 3.78. The molecule has 0 unspecified atom stereocenters. The Morgan fingerprint density at radius 1 is 1.67 bits per heavy atom. The minimum Gasteiger partial charge on any atom is -0.464 e. The zero-order chi connectivity index (χ0) is 9.14. The molecule has 1 heterocycles. The van der Waals surface area contributed by atoms with E-state index in [9.17, 15) is 4.79 Å². The molecule has 0 amide bonds. The summed E-state index contributed by atoms with van der Waals surface area (Å²) in [7, 11) is 1.28. The van der Waals surface area contributed by atoms with E-state index in [2.05, 4.69) is 22.3 Å². The number of aromatic nitrogens is 1. The third-order valence-electron chi connectivity index (χ3n) is 1.22. The van der Waals surface area contributed by atoms with Crippen molar-refractivity contribution in [3.8, 4) is 0 Å². The summed E-state index contributed by atoms with van der Waals surface area (Å²) < 4.78 is 4.46. The average molecular weight is 204 g/mol. The molecule has 1 rings (SSSR count). The Kier molecular flexibility index (Phi) is 2.94. The van der Waals surface area contributed by atoms with Gasteiger partial charge in [-0.2, -0.15) is 0 Å². The van der Waals surface area contributed by atoms with E-state index < -0.39 is 5.97 Å². The standard InChI is InChI=1S/C7H6ClNO2S/c1-11-7(10)6-4(12)2-3-5(8)9-6/h2-3,12H,1H3. The molecule has 0 fully saturated rings.